The van der Waals surface area contributed by atoms with Gasteiger partial charge in [-0.05, 0) is 22.8 Å². The summed E-state index contributed by atoms with van der Waals surface area (Å²) in [7, 11) is 0. The van der Waals surface area contributed by atoms with Gasteiger partial charge in [-0.3, -0.25) is 4.79 Å². The molecule has 2 heteroatoms. The zero-order valence-corrected chi connectivity index (χ0v) is 9.91. The van der Waals surface area contributed by atoms with Gasteiger partial charge in [0.2, 0.25) is 0 Å². The fourth-order valence-electron chi connectivity index (χ4n) is 1.75. The van der Waals surface area contributed by atoms with Crippen LogP contribution in [0.3, 0.4) is 0 Å². The second kappa shape index (κ2) is 5.82. The van der Waals surface area contributed by atoms with Crippen molar-refractivity contribution in [1.82, 2.24) is 0 Å². The molecule has 0 aliphatic carbocycles. The van der Waals surface area contributed by atoms with Gasteiger partial charge in [0, 0.05) is 0 Å². The minimum atomic E-state index is -0.814. The average molecular weight is 238 g/mol. The van der Waals surface area contributed by atoms with Crippen LogP contribution in [-0.2, 0) is 4.79 Å². The quantitative estimate of drug-likeness (QED) is 0.878. The first kappa shape index (κ1) is 12.1. The lowest BCUT2D eigenvalue weighted by atomic mass is 10.0. The molecular weight excluding hydrogens is 224 g/mol. The van der Waals surface area contributed by atoms with Crippen molar-refractivity contribution in [3.8, 4) is 11.1 Å². The average Bonchev–Trinajstić information content (AvgIpc) is 2.40. The Bertz CT molecular complexity index is 556. The van der Waals surface area contributed by atoms with Gasteiger partial charge in [0.15, 0.2) is 0 Å². The Labute approximate surface area is 106 Å². The van der Waals surface area contributed by atoms with Crippen LogP contribution >= 0.6 is 0 Å². The standard InChI is InChI=1S/C16H14O2/c17-16(18)11-5-7-13-6-4-10-15(12-13)14-8-2-1-3-9-14/h1-10,12H,11H2,(H,17,18)/b7-5+. The van der Waals surface area contributed by atoms with Gasteiger partial charge in [-0.25, -0.2) is 0 Å². The summed E-state index contributed by atoms with van der Waals surface area (Å²) >= 11 is 0. The van der Waals surface area contributed by atoms with E-state index in [1.54, 1.807) is 6.08 Å². The third-order valence-electron chi connectivity index (χ3n) is 2.60. The molecule has 0 bridgehead atoms. The maximum atomic E-state index is 10.4. The van der Waals surface area contributed by atoms with Crippen LogP contribution in [0.25, 0.3) is 17.2 Å². The van der Waals surface area contributed by atoms with Crippen molar-refractivity contribution in [2.24, 2.45) is 0 Å². The Hall–Kier alpha value is -2.35. The van der Waals surface area contributed by atoms with Crippen molar-refractivity contribution in [2.45, 2.75) is 6.42 Å². The maximum Gasteiger partial charge on any atom is 0.307 e. The first-order chi connectivity index (χ1) is 8.75. The number of carboxylic acid groups (broad SMARTS) is 1. The van der Waals surface area contributed by atoms with Gasteiger partial charge in [-0.15, -0.1) is 0 Å². The van der Waals surface area contributed by atoms with Crippen LogP contribution in [0.5, 0.6) is 0 Å². The van der Waals surface area contributed by atoms with Crippen LogP contribution in [0.2, 0.25) is 0 Å². The first-order valence-electron chi connectivity index (χ1n) is 5.79. The smallest absolute Gasteiger partial charge is 0.307 e. The second-order valence-corrected chi connectivity index (χ2v) is 3.99. The molecular formula is C16H14O2. The van der Waals surface area contributed by atoms with E-state index >= 15 is 0 Å². The molecule has 0 atom stereocenters. The molecule has 0 saturated carbocycles. The topological polar surface area (TPSA) is 37.3 Å². The number of hydrogen-bond acceptors (Lipinski definition) is 1. The highest BCUT2D eigenvalue weighted by atomic mass is 16.4. The Morgan fingerprint density at radius 3 is 2.44 bits per heavy atom. The molecule has 18 heavy (non-hydrogen) atoms. The van der Waals surface area contributed by atoms with E-state index < -0.39 is 5.97 Å². The molecule has 0 radical (unpaired) electrons. The molecule has 0 heterocycles. The minimum absolute atomic E-state index is 0.0512. The molecule has 90 valence electrons. The molecule has 2 rings (SSSR count). The van der Waals surface area contributed by atoms with Crippen LogP contribution in [-0.4, -0.2) is 11.1 Å². The van der Waals surface area contributed by atoms with Crippen LogP contribution in [0.1, 0.15) is 12.0 Å². The number of benzene rings is 2. The van der Waals surface area contributed by atoms with E-state index in [0.29, 0.717) is 0 Å². The summed E-state index contributed by atoms with van der Waals surface area (Å²) in [6.45, 7) is 0. The molecule has 0 unspecified atom stereocenters. The molecule has 0 aliphatic rings. The van der Waals surface area contributed by atoms with Crippen molar-refractivity contribution < 1.29 is 9.90 Å². The fourth-order valence-corrected chi connectivity index (χ4v) is 1.75. The summed E-state index contributed by atoms with van der Waals surface area (Å²) in [5, 5.41) is 8.57. The number of aliphatic carboxylic acids is 1. The minimum Gasteiger partial charge on any atom is -0.481 e. The molecule has 0 saturated heterocycles. The SMILES string of the molecule is O=C(O)C/C=C/c1cccc(-c2ccccc2)c1. The van der Waals surface area contributed by atoms with E-state index in [-0.39, 0.29) is 6.42 Å². The van der Waals surface area contributed by atoms with Crippen molar-refractivity contribution in [3.63, 3.8) is 0 Å². The van der Waals surface area contributed by atoms with Gasteiger partial charge in [0.05, 0.1) is 6.42 Å². The molecule has 2 aromatic rings. The monoisotopic (exact) mass is 238 g/mol. The maximum absolute atomic E-state index is 10.4. The number of carbonyl (C=O) groups is 1. The predicted molar refractivity (Wildman–Crippen MR) is 73.2 cm³/mol. The summed E-state index contributed by atoms with van der Waals surface area (Å²) in [5.41, 5.74) is 3.30. The van der Waals surface area contributed by atoms with Gasteiger partial charge in [0.25, 0.3) is 0 Å². The summed E-state index contributed by atoms with van der Waals surface area (Å²) in [4.78, 5) is 10.4. The summed E-state index contributed by atoms with van der Waals surface area (Å²) in [6, 6.07) is 18.1. The highest BCUT2D eigenvalue weighted by Gasteiger charge is 1.97. The van der Waals surface area contributed by atoms with E-state index in [2.05, 4.69) is 12.1 Å². The van der Waals surface area contributed by atoms with Crippen molar-refractivity contribution in [3.05, 3.63) is 66.2 Å². The molecule has 0 spiro atoms. The molecule has 0 aromatic heterocycles. The Morgan fingerprint density at radius 1 is 1.00 bits per heavy atom. The summed E-state index contributed by atoms with van der Waals surface area (Å²) < 4.78 is 0. The fraction of sp³-hybridized carbons (Fsp3) is 0.0625. The highest BCUT2D eigenvalue weighted by molar-refractivity contribution is 5.71. The molecule has 0 amide bonds. The molecule has 0 aliphatic heterocycles. The lowest BCUT2D eigenvalue weighted by Crippen LogP contribution is -1.89. The highest BCUT2D eigenvalue weighted by Crippen LogP contribution is 2.20. The molecule has 0 fully saturated rings. The van der Waals surface area contributed by atoms with E-state index in [1.807, 2.05) is 48.5 Å². The second-order valence-electron chi connectivity index (χ2n) is 3.99. The van der Waals surface area contributed by atoms with E-state index in [1.165, 1.54) is 0 Å². The first-order valence-corrected chi connectivity index (χ1v) is 5.79. The normalized spacial score (nSPS) is 10.7. The van der Waals surface area contributed by atoms with Gasteiger partial charge < -0.3 is 5.11 Å². The van der Waals surface area contributed by atoms with Crippen molar-refractivity contribution >= 4 is 12.0 Å². The largest absolute Gasteiger partial charge is 0.481 e. The molecule has 1 N–H and O–H groups in total. The zero-order valence-electron chi connectivity index (χ0n) is 9.91. The molecule has 2 nitrogen and oxygen atoms in total. The Morgan fingerprint density at radius 2 is 1.72 bits per heavy atom. The Kier molecular flexibility index (Phi) is 3.92. The van der Waals surface area contributed by atoms with Gasteiger partial charge in [0.1, 0.15) is 0 Å². The van der Waals surface area contributed by atoms with Crippen molar-refractivity contribution in [2.75, 3.05) is 0 Å². The lowest BCUT2D eigenvalue weighted by Gasteiger charge is -2.02. The van der Waals surface area contributed by atoms with Crippen LogP contribution in [0, 0.1) is 0 Å². The number of carboxylic acids is 1. The van der Waals surface area contributed by atoms with Gasteiger partial charge >= 0.3 is 5.97 Å². The summed E-state index contributed by atoms with van der Waals surface area (Å²) in [6.07, 6.45) is 3.54. The van der Waals surface area contributed by atoms with Gasteiger partial charge in [-0.2, -0.15) is 0 Å². The third kappa shape index (κ3) is 3.32. The number of hydrogen-bond donors (Lipinski definition) is 1. The van der Waals surface area contributed by atoms with Crippen LogP contribution in [0.4, 0.5) is 0 Å². The van der Waals surface area contributed by atoms with Gasteiger partial charge in [-0.1, -0.05) is 60.7 Å². The lowest BCUT2D eigenvalue weighted by molar-refractivity contribution is -0.135. The predicted octanol–water partition coefficient (Wildman–Crippen LogP) is 3.84. The van der Waals surface area contributed by atoms with E-state index in [0.717, 1.165) is 16.7 Å². The zero-order chi connectivity index (χ0) is 12.8. The van der Waals surface area contributed by atoms with E-state index in [4.69, 9.17) is 5.11 Å². The van der Waals surface area contributed by atoms with Crippen LogP contribution in [0.15, 0.2) is 60.7 Å². The van der Waals surface area contributed by atoms with Crippen LogP contribution < -0.4 is 0 Å². The summed E-state index contributed by atoms with van der Waals surface area (Å²) in [5.74, 6) is -0.814. The Balaban J connectivity index is 2.20. The van der Waals surface area contributed by atoms with E-state index in [9.17, 15) is 4.79 Å². The third-order valence-corrected chi connectivity index (χ3v) is 2.60. The molecule has 2 aromatic carbocycles. The van der Waals surface area contributed by atoms with Crippen molar-refractivity contribution in [1.29, 1.82) is 0 Å². The number of rotatable bonds is 4.